The molecule has 0 spiro atoms. The Hall–Kier alpha value is -2.64. The van der Waals surface area contributed by atoms with Gasteiger partial charge in [-0.25, -0.2) is 0 Å². The summed E-state index contributed by atoms with van der Waals surface area (Å²) in [6.07, 6.45) is 1.30. The smallest absolute Gasteiger partial charge is 0.313 e. The molecule has 0 bridgehead atoms. The van der Waals surface area contributed by atoms with Crippen LogP contribution in [0.25, 0.3) is 0 Å². The average Bonchev–Trinajstić information content (AvgIpc) is 2.63. The fourth-order valence-corrected chi connectivity index (χ4v) is 2.51. The van der Waals surface area contributed by atoms with E-state index in [4.69, 9.17) is 16.3 Å². The second-order valence-corrected chi connectivity index (χ2v) is 6.62. The molecular formula is C19H22ClN3O4. The van der Waals surface area contributed by atoms with Gasteiger partial charge in [-0.05, 0) is 42.8 Å². The minimum absolute atomic E-state index is 0.120. The van der Waals surface area contributed by atoms with E-state index in [2.05, 4.69) is 5.32 Å². The summed E-state index contributed by atoms with van der Waals surface area (Å²) in [6.45, 7) is 1.41. The summed E-state index contributed by atoms with van der Waals surface area (Å²) in [5.41, 5.74) is 0.868. The number of carbonyl (C=O) groups is 1. The highest BCUT2D eigenvalue weighted by atomic mass is 35.5. The van der Waals surface area contributed by atoms with Gasteiger partial charge in [0.1, 0.15) is 5.75 Å². The van der Waals surface area contributed by atoms with E-state index in [-0.39, 0.29) is 22.4 Å². The monoisotopic (exact) mass is 391 g/mol. The first-order valence-electron chi connectivity index (χ1n) is 8.48. The Morgan fingerprint density at radius 1 is 1.22 bits per heavy atom. The first-order valence-corrected chi connectivity index (χ1v) is 8.86. The van der Waals surface area contributed by atoms with Crippen LogP contribution in [0.2, 0.25) is 5.02 Å². The molecule has 0 aliphatic rings. The van der Waals surface area contributed by atoms with Gasteiger partial charge in [-0.2, -0.15) is 0 Å². The van der Waals surface area contributed by atoms with Crippen molar-refractivity contribution >= 4 is 23.2 Å². The predicted octanol–water partition coefficient (Wildman–Crippen LogP) is 4.00. The van der Waals surface area contributed by atoms with Gasteiger partial charge < -0.3 is 15.0 Å². The van der Waals surface area contributed by atoms with Crippen molar-refractivity contribution in [3.63, 3.8) is 0 Å². The van der Waals surface area contributed by atoms with E-state index in [9.17, 15) is 14.9 Å². The lowest BCUT2D eigenvalue weighted by Crippen LogP contribution is -2.23. The average molecular weight is 392 g/mol. The quantitative estimate of drug-likeness (QED) is 0.396. The second-order valence-electron chi connectivity index (χ2n) is 6.18. The lowest BCUT2D eigenvalue weighted by molar-refractivity contribution is -0.385. The topological polar surface area (TPSA) is 84.7 Å². The van der Waals surface area contributed by atoms with Crippen LogP contribution >= 0.6 is 11.6 Å². The number of hydrogen-bond acceptors (Lipinski definition) is 5. The Morgan fingerprint density at radius 3 is 2.56 bits per heavy atom. The van der Waals surface area contributed by atoms with Crippen LogP contribution in [0.5, 0.6) is 11.5 Å². The van der Waals surface area contributed by atoms with Crippen LogP contribution in [0.1, 0.15) is 18.4 Å². The van der Waals surface area contributed by atoms with Gasteiger partial charge in [0.05, 0.1) is 4.92 Å². The number of halogens is 1. The van der Waals surface area contributed by atoms with Gasteiger partial charge in [0.15, 0.2) is 0 Å². The zero-order valence-corrected chi connectivity index (χ0v) is 16.0. The normalized spacial score (nSPS) is 10.5. The maximum Gasteiger partial charge on any atom is 0.313 e. The number of ether oxygens (including phenoxy) is 1. The summed E-state index contributed by atoms with van der Waals surface area (Å²) in [7, 11) is 3.50. The standard InChI is InChI=1S/C19H22ClN3O4/c1-22(2)19(24)4-3-11-21-13-14-5-8-16(9-6-14)27-18-10-7-15(20)12-17(18)23(25)26/h5-10,12,21H,3-4,11,13H2,1-2H3. The fourth-order valence-electron chi connectivity index (χ4n) is 2.34. The molecule has 1 amide bonds. The van der Waals surface area contributed by atoms with E-state index in [0.717, 1.165) is 18.5 Å². The highest BCUT2D eigenvalue weighted by Crippen LogP contribution is 2.33. The van der Waals surface area contributed by atoms with Crippen molar-refractivity contribution in [2.24, 2.45) is 0 Å². The van der Waals surface area contributed by atoms with E-state index in [1.54, 1.807) is 37.2 Å². The van der Waals surface area contributed by atoms with Gasteiger partial charge in [0.25, 0.3) is 0 Å². The van der Waals surface area contributed by atoms with Crippen LogP contribution in [-0.4, -0.2) is 36.4 Å². The van der Waals surface area contributed by atoms with Crippen LogP contribution in [-0.2, 0) is 11.3 Å². The van der Waals surface area contributed by atoms with Crippen LogP contribution < -0.4 is 10.1 Å². The summed E-state index contributed by atoms with van der Waals surface area (Å²) < 4.78 is 5.61. The molecule has 0 aromatic heterocycles. The summed E-state index contributed by atoms with van der Waals surface area (Å²) >= 11 is 5.80. The molecule has 0 saturated heterocycles. The maximum absolute atomic E-state index is 11.5. The van der Waals surface area contributed by atoms with Gasteiger partial charge in [0, 0.05) is 38.1 Å². The van der Waals surface area contributed by atoms with Crippen molar-refractivity contribution in [2.45, 2.75) is 19.4 Å². The van der Waals surface area contributed by atoms with Crippen LogP contribution in [0, 0.1) is 10.1 Å². The van der Waals surface area contributed by atoms with E-state index < -0.39 is 4.92 Å². The third-order valence-corrected chi connectivity index (χ3v) is 4.08. The van der Waals surface area contributed by atoms with E-state index in [1.165, 1.54) is 12.1 Å². The zero-order valence-electron chi connectivity index (χ0n) is 15.3. The van der Waals surface area contributed by atoms with Crippen molar-refractivity contribution in [1.29, 1.82) is 0 Å². The number of nitro groups is 1. The molecule has 0 aliphatic heterocycles. The van der Waals surface area contributed by atoms with Crippen molar-refractivity contribution < 1.29 is 14.5 Å². The lowest BCUT2D eigenvalue weighted by atomic mass is 10.2. The van der Waals surface area contributed by atoms with Gasteiger partial charge >= 0.3 is 5.69 Å². The maximum atomic E-state index is 11.5. The fraction of sp³-hybridized carbons (Fsp3) is 0.316. The number of hydrogen-bond donors (Lipinski definition) is 1. The van der Waals surface area contributed by atoms with Crippen molar-refractivity contribution in [3.05, 3.63) is 63.2 Å². The molecule has 0 heterocycles. The SMILES string of the molecule is CN(C)C(=O)CCCNCc1ccc(Oc2ccc(Cl)cc2[N+](=O)[O-])cc1. The molecular weight excluding hydrogens is 370 g/mol. The molecule has 144 valence electrons. The summed E-state index contributed by atoms with van der Waals surface area (Å²) in [5.74, 6) is 0.760. The van der Waals surface area contributed by atoms with E-state index >= 15 is 0 Å². The van der Waals surface area contributed by atoms with Gasteiger partial charge in [-0.3, -0.25) is 14.9 Å². The van der Waals surface area contributed by atoms with Gasteiger partial charge in [-0.15, -0.1) is 0 Å². The molecule has 0 fully saturated rings. The first-order chi connectivity index (χ1) is 12.9. The zero-order chi connectivity index (χ0) is 19.8. The molecule has 0 unspecified atom stereocenters. The molecule has 0 aliphatic carbocycles. The number of amides is 1. The molecule has 8 heteroatoms. The Kier molecular flexibility index (Phi) is 7.57. The van der Waals surface area contributed by atoms with Crippen molar-refractivity contribution in [1.82, 2.24) is 10.2 Å². The van der Waals surface area contributed by atoms with Crippen LogP contribution in [0.3, 0.4) is 0 Å². The first kappa shape index (κ1) is 20.7. The highest BCUT2D eigenvalue weighted by molar-refractivity contribution is 6.30. The molecule has 1 N–H and O–H groups in total. The summed E-state index contributed by atoms with van der Waals surface area (Å²) in [5, 5.41) is 14.7. The molecule has 2 rings (SSSR count). The Labute approximate surface area is 163 Å². The third kappa shape index (κ3) is 6.54. The van der Waals surface area contributed by atoms with Crippen LogP contribution in [0.4, 0.5) is 5.69 Å². The van der Waals surface area contributed by atoms with E-state index in [0.29, 0.717) is 18.7 Å². The molecule has 27 heavy (non-hydrogen) atoms. The number of carbonyl (C=O) groups excluding carboxylic acids is 1. The summed E-state index contributed by atoms with van der Waals surface area (Å²) in [4.78, 5) is 23.6. The Bertz CT molecular complexity index is 794. The third-order valence-electron chi connectivity index (χ3n) is 3.84. The minimum Gasteiger partial charge on any atom is -0.450 e. The second kappa shape index (κ2) is 9.89. The highest BCUT2D eigenvalue weighted by Gasteiger charge is 2.16. The molecule has 0 saturated carbocycles. The van der Waals surface area contributed by atoms with E-state index in [1.807, 2.05) is 12.1 Å². The summed E-state index contributed by atoms with van der Waals surface area (Å²) in [6, 6.07) is 11.6. The Balaban J connectivity index is 1.85. The molecule has 0 atom stereocenters. The van der Waals surface area contributed by atoms with Crippen molar-refractivity contribution in [2.75, 3.05) is 20.6 Å². The lowest BCUT2D eigenvalue weighted by Gasteiger charge is -2.10. The predicted molar refractivity (Wildman–Crippen MR) is 104 cm³/mol. The van der Waals surface area contributed by atoms with Gasteiger partial charge in [0.2, 0.25) is 11.7 Å². The molecule has 2 aromatic rings. The number of benzene rings is 2. The molecule has 7 nitrogen and oxygen atoms in total. The number of nitrogens with one attached hydrogen (secondary N) is 1. The van der Waals surface area contributed by atoms with Crippen LogP contribution in [0.15, 0.2) is 42.5 Å². The number of nitro benzene ring substituents is 1. The largest absolute Gasteiger partial charge is 0.450 e. The van der Waals surface area contributed by atoms with Crippen molar-refractivity contribution in [3.8, 4) is 11.5 Å². The molecule has 0 radical (unpaired) electrons. The van der Waals surface area contributed by atoms with Gasteiger partial charge in [-0.1, -0.05) is 23.7 Å². The minimum atomic E-state index is -0.527. The number of rotatable bonds is 9. The molecule has 2 aromatic carbocycles. The number of nitrogens with zero attached hydrogens (tertiary/aromatic N) is 2. The Morgan fingerprint density at radius 2 is 1.93 bits per heavy atom.